The summed E-state index contributed by atoms with van der Waals surface area (Å²) in [5.41, 5.74) is 4.90. The van der Waals surface area contributed by atoms with Crippen LogP contribution in [0.4, 0.5) is 10.5 Å². The summed E-state index contributed by atoms with van der Waals surface area (Å²) in [6.45, 7) is 4.04. The number of hydrazone groups is 1. The van der Waals surface area contributed by atoms with E-state index in [-0.39, 0.29) is 11.8 Å². The van der Waals surface area contributed by atoms with E-state index in [1.54, 1.807) is 19.1 Å². The van der Waals surface area contributed by atoms with Crippen LogP contribution in [0.15, 0.2) is 29.4 Å². The van der Waals surface area contributed by atoms with Gasteiger partial charge < -0.3 is 4.74 Å². The van der Waals surface area contributed by atoms with Crippen LogP contribution in [0.3, 0.4) is 0 Å². The molecule has 106 valence electrons. The SMILES string of the molecule is CCOC(=O)Nc1ccc(C2=NNC(=O)C[C@H]2C)cc1. The molecule has 2 N–H and O–H groups in total. The summed E-state index contributed by atoms with van der Waals surface area (Å²) in [6, 6.07) is 7.26. The first kappa shape index (κ1) is 14.0. The van der Waals surface area contributed by atoms with Crippen molar-refractivity contribution >= 4 is 23.4 Å². The van der Waals surface area contributed by atoms with Gasteiger partial charge in [0.25, 0.3) is 0 Å². The monoisotopic (exact) mass is 275 g/mol. The number of carbonyl (C=O) groups excluding carboxylic acids is 2. The number of hydrogen-bond acceptors (Lipinski definition) is 4. The van der Waals surface area contributed by atoms with Gasteiger partial charge in [0, 0.05) is 18.0 Å². The number of benzene rings is 1. The summed E-state index contributed by atoms with van der Waals surface area (Å²) in [5, 5.41) is 6.71. The van der Waals surface area contributed by atoms with Gasteiger partial charge in [0.15, 0.2) is 0 Å². The van der Waals surface area contributed by atoms with Gasteiger partial charge in [-0.25, -0.2) is 10.2 Å². The Balaban J connectivity index is 2.08. The smallest absolute Gasteiger partial charge is 0.411 e. The summed E-state index contributed by atoms with van der Waals surface area (Å²) >= 11 is 0. The van der Waals surface area contributed by atoms with E-state index in [2.05, 4.69) is 15.8 Å². The Morgan fingerprint density at radius 2 is 2.15 bits per heavy atom. The molecule has 6 nitrogen and oxygen atoms in total. The fourth-order valence-corrected chi connectivity index (χ4v) is 2.01. The summed E-state index contributed by atoms with van der Waals surface area (Å²) in [7, 11) is 0. The first-order chi connectivity index (χ1) is 9.60. The second-order valence-corrected chi connectivity index (χ2v) is 4.56. The van der Waals surface area contributed by atoms with Crippen LogP contribution < -0.4 is 10.7 Å². The zero-order valence-corrected chi connectivity index (χ0v) is 11.5. The van der Waals surface area contributed by atoms with Gasteiger partial charge in [-0.3, -0.25) is 10.1 Å². The van der Waals surface area contributed by atoms with Crippen LogP contribution in [0.1, 0.15) is 25.8 Å². The molecular weight excluding hydrogens is 258 g/mol. The van der Waals surface area contributed by atoms with Gasteiger partial charge in [-0.15, -0.1) is 0 Å². The predicted molar refractivity (Wildman–Crippen MR) is 75.5 cm³/mol. The van der Waals surface area contributed by atoms with E-state index in [4.69, 9.17) is 4.74 Å². The van der Waals surface area contributed by atoms with Crippen molar-refractivity contribution < 1.29 is 14.3 Å². The van der Waals surface area contributed by atoms with Crippen LogP contribution >= 0.6 is 0 Å². The third-order valence-corrected chi connectivity index (χ3v) is 2.96. The zero-order chi connectivity index (χ0) is 14.5. The number of amides is 2. The minimum Gasteiger partial charge on any atom is -0.450 e. The highest BCUT2D eigenvalue weighted by atomic mass is 16.5. The van der Waals surface area contributed by atoms with Crippen LogP contribution in [0.5, 0.6) is 0 Å². The molecule has 1 aromatic carbocycles. The van der Waals surface area contributed by atoms with Crippen molar-refractivity contribution in [2.45, 2.75) is 20.3 Å². The van der Waals surface area contributed by atoms with E-state index in [0.29, 0.717) is 18.7 Å². The lowest BCUT2D eigenvalue weighted by molar-refractivity contribution is -0.121. The van der Waals surface area contributed by atoms with Crippen LogP contribution in [0, 0.1) is 5.92 Å². The van der Waals surface area contributed by atoms with E-state index in [0.717, 1.165) is 11.3 Å². The maximum Gasteiger partial charge on any atom is 0.411 e. The van der Waals surface area contributed by atoms with Gasteiger partial charge >= 0.3 is 6.09 Å². The molecule has 1 atom stereocenters. The Morgan fingerprint density at radius 3 is 2.75 bits per heavy atom. The summed E-state index contributed by atoms with van der Waals surface area (Å²) < 4.78 is 4.80. The van der Waals surface area contributed by atoms with E-state index in [1.165, 1.54) is 0 Å². The number of rotatable bonds is 3. The van der Waals surface area contributed by atoms with E-state index >= 15 is 0 Å². The zero-order valence-electron chi connectivity index (χ0n) is 11.5. The number of nitrogens with zero attached hydrogens (tertiary/aromatic N) is 1. The Kier molecular flexibility index (Phi) is 4.34. The topological polar surface area (TPSA) is 79.8 Å². The van der Waals surface area contributed by atoms with Crippen molar-refractivity contribution in [2.24, 2.45) is 11.0 Å². The molecule has 6 heteroatoms. The molecule has 2 amide bonds. The van der Waals surface area contributed by atoms with Gasteiger partial charge in [0.1, 0.15) is 0 Å². The molecule has 0 unspecified atom stereocenters. The molecule has 0 fully saturated rings. The van der Waals surface area contributed by atoms with Gasteiger partial charge in [0.05, 0.1) is 12.3 Å². The predicted octanol–water partition coefficient (Wildman–Crippen LogP) is 2.12. The van der Waals surface area contributed by atoms with Gasteiger partial charge in [-0.2, -0.15) is 5.10 Å². The first-order valence-corrected chi connectivity index (χ1v) is 6.50. The van der Waals surface area contributed by atoms with Gasteiger partial charge in [0.2, 0.25) is 5.91 Å². The normalized spacial score (nSPS) is 18.0. The van der Waals surface area contributed by atoms with E-state index < -0.39 is 6.09 Å². The molecule has 0 spiro atoms. The Hall–Kier alpha value is -2.37. The summed E-state index contributed by atoms with van der Waals surface area (Å²) in [5.74, 6) is 0.00876. The molecule has 0 bridgehead atoms. The van der Waals surface area contributed by atoms with Crippen molar-refractivity contribution in [1.82, 2.24) is 5.43 Å². The van der Waals surface area contributed by atoms with Gasteiger partial charge in [-0.05, 0) is 24.6 Å². The van der Waals surface area contributed by atoms with Gasteiger partial charge in [-0.1, -0.05) is 19.1 Å². The van der Waals surface area contributed by atoms with Crippen molar-refractivity contribution in [3.63, 3.8) is 0 Å². The summed E-state index contributed by atoms with van der Waals surface area (Å²) in [6.07, 6.45) is -0.0438. The maximum absolute atomic E-state index is 11.3. The fourth-order valence-electron chi connectivity index (χ4n) is 2.01. The minimum absolute atomic E-state index is 0.0677. The molecular formula is C14H17N3O3. The second kappa shape index (κ2) is 6.18. The van der Waals surface area contributed by atoms with Crippen molar-refractivity contribution in [2.75, 3.05) is 11.9 Å². The fraction of sp³-hybridized carbons (Fsp3) is 0.357. The van der Waals surface area contributed by atoms with Crippen LogP contribution in [0.25, 0.3) is 0 Å². The lowest BCUT2D eigenvalue weighted by atomic mass is 9.94. The highest BCUT2D eigenvalue weighted by Gasteiger charge is 2.21. The molecule has 20 heavy (non-hydrogen) atoms. The standard InChI is InChI=1S/C14H17N3O3/c1-3-20-14(19)15-11-6-4-10(5-7-11)13-9(2)8-12(18)16-17-13/h4-7,9H,3,8H2,1-2H3,(H,15,19)(H,16,18)/t9-/m1/s1. The first-order valence-electron chi connectivity index (χ1n) is 6.50. The van der Waals surface area contributed by atoms with Crippen molar-refractivity contribution in [1.29, 1.82) is 0 Å². The average molecular weight is 275 g/mol. The molecule has 0 saturated heterocycles. The average Bonchev–Trinajstić information content (AvgIpc) is 2.40. The van der Waals surface area contributed by atoms with E-state index in [1.807, 2.05) is 19.1 Å². The number of anilines is 1. The quantitative estimate of drug-likeness (QED) is 0.886. The number of carbonyl (C=O) groups is 2. The second-order valence-electron chi connectivity index (χ2n) is 4.56. The van der Waals surface area contributed by atoms with Crippen LogP contribution in [-0.4, -0.2) is 24.3 Å². The molecule has 1 aromatic rings. The highest BCUT2D eigenvalue weighted by molar-refractivity contribution is 6.06. The number of hydrogen-bond donors (Lipinski definition) is 2. The molecule has 1 aliphatic rings. The lowest BCUT2D eigenvalue weighted by Crippen LogP contribution is -2.31. The molecule has 1 heterocycles. The van der Waals surface area contributed by atoms with Crippen molar-refractivity contribution in [3.8, 4) is 0 Å². The number of ether oxygens (including phenoxy) is 1. The Bertz CT molecular complexity index is 537. The highest BCUT2D eigenvalue weighted by Crippen LogP contribution is 2.18. The molecule has 2 rings (SSSR count). The van der Waals surface area contributed by atoms with Crippen LogP contribution in [0.2, 0.25) is 0 Å². The van der Waals surface area contributed by atoms with E-state index in [9.17, 15) is 9.59 Å². The van der Waals surface area contributed by atoms with Crippen molar-refractivity contribution in [3.05, 3.63) is 29.8 Å². The molecule has 0 aromatic heterocycles. The molecule has 0 radical (unpaired) electrons. The Morgan fingerprint density at radius 1 is 1.45 bits per heavy atom. The maximum atomic E-state index is 11.3. The third-order valence-electron chi connectivity index (χ3n) is 2.96. The largest absolute Gasteiger partial charge is 0.450 e. The molecule has 0 saturated carbocycles. The number of nitrogens with one attached hydrogen (secondary N) is 2. The molecule has 1 aliphatic heterocycles. The molecule has 0 aliphatic carbocycles. The Labute approximate surface area is 117 Å². The summed E-state index contributed by atoms with van der Waals surface area (Å²) in [4.78, 5) is 22.5. The third kappa shape index (κ3) is 3.34. The minimum atomic E-state index is -0.476. The van der Waals surface area contributed by atoms with Crippen LogP contribution in [-0.2, 0) is 9.53 Å². The lowest BCUT2D eigenvalue weighted by Gasteiger charge is -2.19.